The predicted molar refractivity (Wildman–Crippen MR) is 81.2 cm³/mol. The summed E-state index contributed by atoms with van der Waals surface area (Å²) in [5.41, 5.74) is 7.19. The average molecular weight is 297 g/mol. The topological polar surface area (TPSA) is 75.4 Å². The van der Waals surface area contributed by atoms with Gasteiger partial charge in [-0.3, -0.25) is 0 Å². The number of benzene rings is 1. The van der Waals surface area contributed by atoms with Crippen LogP contribution in [0, 0.1) is 0 Å². The Hall–Kier alpha value is -1.11. The number of anilines is 1. The minimum absolute atomic E-state index is 0.132. The minimum Gasteiger partial charge on any atom is -0.399 e. The number of nitrogens with zero attached hydrogens (tertiary/aromatic N) is 1. The van der Waals surface area contributed by atoms with Gasteiger partial charge in [-0.15, -0.1) is 0 Å². The van der Waals surface area contributed by atoms with Crippen LogP contribution in [0.5, 0.6) is 0 Å². The van der Waals surface area contributed by atoms with Crippen LogP contribution in [-0.4, -0.2) is 25.8 Å². The monoisotopic (exact) mass is 297 g/mol. The van der Waals surface area contributed by atoms with Gasteiger partial charge in [-0.25, -0.2) is 0 Å². The summed E-state index contributed by atoms with van der Waals surface area (Å²) in [6, 6.07) is 7.34. The summed E-state index contributed by atoms with van der Waals surface area (Å²) in [4.78, 5) is 0. The molecule has 1 aliphatic carbocycles. The van der Waals surface area contributed by atoms with Crippen LogP contribution in [0.2, 0.25) is 0 Å². The van der Waals surface area contributed by atoms with Crippen LogP contribution in [0.1, 0.15) is 37.7 Å². The van der Waals surface area contributed by atoms with Gasteiger partial charge in [0.15, 0.2) is 0 Å². The second-order valence-electron chi connectivity index (χ2n) is 5.38. The van der Waals surface area contributed by atoms with Crippen LogP contribution in [0.25, 0.3) is 0 Å². The van der Waals surface area contributed by atoms with Crippen molar-refractivity contribution >= 4 is 15.9 Å². The first kappa shape index (κ1) is 15.3. The van der Waals surface area contributed by atoms with Crippen molar-refractivity contribution in [3.05, 3.63) is 29.8 Å². The van der Waals surface area contributed by atoms with Gasteiger partial charge < -0.3 is 5.73 Å². The first-order chi connectivity index (χ1) is 9.49. The molecule has 0 spiro atoms. The largest absolute Gasteiger partial charge is 0.399 e. The third-order valence-corrected chi connectivity index (χ3v) is 5.47. The summed E-state index contributed by atoms with van der Waals surface area (Å²) in [5.74, 6) is 0. The molecule has 0 heterocycles. The van der Waals surface area contributed by atoms with E-state index in [1.165, 1.54) is 10.7 Å². The Balaban J connectivity index is 1.94. The van der Waals surface area contributed by atoms with E-state index in [2.05, 4.69) is 4.72 Å². The molecule has 3 N–H and O–H groups in total. The maximum Gasteiger partial charge on any atom is 0.279 e. The number of rotatable bonds is 5. The van der Waals surface area contributed by atoms with E-state index in [-0.39, 0.29) is 6.04 Å². The third-order valence-electron chi connectivity index (χ3n) is 3.91. The van der Waals surface area contributed by atoms with Crippen molar-refractivity contribution in [3.63, 3.8) is 0 Å². The number of nitrogens with one attached hydrogen (secondary N) is 1. The summed E-state index contributed by atoms with van der Waals surface area (Å²) >= 11 is 0. The lowest BCUT2D eigenvalue weighted by molar-refractivity contribution is 0.283. The van der Waals surface area contributed by atoms with E-state index >= 15 is 0 Å². The molecule has 0 atom stereocenters. The van der Waals surface area contributed by atoms with Gasteiger partial charge in [0.25, 0.3) is 10.2 Å². The SMILES string of the molecule is CN(C1CCCCC1)S(=O)(=O)NCc1ccc(N)cc1. The van der Waals surface area contributed by atoms with Gasteiger partial charge in [0.2, 0.25) is 0 Å². The number of nitrogens with two attached hydrogens (primary N) is 1. The lowest BCUT2D eigenvalue weighted by atomic mass is 9.96. The molecular formula is C14H23N3O2S. The molecule has 5 nitrogen and oxygen atoms in total. The van der Waals surface area contributed by atoms with Gasteiger partial charge in [0, 0.05) is 25.3 Å². The van der Waals surface area contributed by atoms with Gasteiger partial charge in [-0.1, -0.05) is 31.4 Å². The summed E-state index contributed by atoms with van der Waals surface area (Å²) in [6.45, 7) is 0.291. The van der Waals surface area contributed by atoms with Gasteiger partial charge >= 0.3 is 0 Å². The van der Waals surface area contributed by atoms with Crippen LogP contribution in [0.3, 0.4) is 0 Å². The molecular weight excluding hydrogens is 274 g/mol. The summed E-state index contributed by atoms with van der Waals surface area (Å²) in [5, 5.41) is 0. The fourth-order valence-corrected chi connectivity index (χ4v) is 3.71. The molecule has 0 bridgehead atoms. The van der Waals surface area contributed by atoms with E-state index < -0.39 is 10.2 Å². The van der Waals surface area contributed by atoms with Crippen molar-refractivity contribution < 1.29 is 8.42 Å². The second kappa shape index (κ2) is 6.56. The highest BCUT2D eigenvalue weighted by atomic mass is 32.2. The quantitative estimate of drug-likeness (QED) is 0.815. The van der Waals surface area contributed by atoms with E-state index in [4.69, 9.17) is 5.73 Å². The van der Waals surface area contributed by atoms with Gasteiger partial charge in [0.1, 0.15) is 0 Å². The highest BCUT2D eigenvalue weighted by Crippen LogP contribution is 2.23. The van der Waals surface area contributed by atoms with Crippen molar-refractivity contribution in [2.24, 2.45) is 0 Å². The van der Waals surface area contributed by atoms with Crippen LogP contribution in [0.4, 0.5) is 5.69 Å². The van der Waals surface area contributed by atoms with Crippen LogP contribution >= 0.6 is 0 Å². The molecule has 0 unspecified atom stereocenters. The molecule has 1 aromatic rings. The zero-order valence-corrected chi connectivity index (χ0v) is 12.7. The summed E-state index contributed by atoms with van der Waals surface area (Å²) in [6.07, 6.45) is 5.35. The molecule has 6 heteroatoms. The third kappa shape index (κ3) is 3.94. The molecule has 1 saturated carbocycles. The molecule has 1 aromatic carbocycles. The molecule has 0 saturated heterocycles. The Bertz CT molecular complexity index is 522. The van der Waals surface area contributed by atoms with Crippen LogP contribution in [-0.2, 0) is 16.8 Å². The zero-order valence-electron chi connectivity index (χ0n) is 11.9. The fourth-order valence-electron chi connectivity index (χ4n) is 2.55. The zero-order chi connectivity index (χ0) is 14.6. The van der Waals surface area contributed by atoms with Gasteiger partial charge in [-0.2, -0.15) is 17.4 Å². The predicted octanol–water partition coefficient (Wildman–Crippen LogP) is 1.87. The summed E-state index contributed by atoms with van der Waals surface area (Å²) in [7, 11) is -1.75. The minimum atomic E-state index is -3.42. The van der Waals surface area contributed by atoms with E-state index in [1.807, 2.05) is 12.1 Å². The first-order valence-electron chi connectivity index (χ1n) is 7.06. The molecule has 0 radical (unpaired) electrons. The molecule has 2 rings (SSSR count). The van der Waals surface area contributed by atoms with E-state index in [9.17, 15) is 8.42 Å². The first-order valence-corrected chi connectivity index (χ1v) is 8.50. The van der Waals surface area contributed by atoms with Crippen LogP contribution in [0.15, 0.2) is 24.3 Å². The standard InChI is InChI=1S/C14H23N3O2S/c1-17(14-5-3-2-4-6-14)20(18,19)16-11-12-7-9-13(15)10-8-12/h7-10,14,16H,2-6,11,15H2,1H3. The lowest BCUT2D eigenvalue weighted by Crippen LogP contribution is -2.44. The highest BCUT2D eigenvalue weighted by molar-refractivity contribution is 7.87. The van der Waals surface area contributed by atoms with Crippen LogP contribution < -0.4 is 10.5 Å². The second-order valence-corrected chi connectivity index (χ2v) is 7.19. The van der Waals surface area contributed by atoms with Gasteiger partial charge in [-0.05, 0) is 30.5 Å². The van der Waals surface area contributed by atoms with Crippen molar-refractivity contribution in [1.29, 1.82) is 0 Å². The number of hydrogen-bond donors (Lipinski definition) is 2. The van der Waals surface area contributed by atoms with E-state index in [1.54, 1.807) is 19.2 Å². The molecule has 1 fully saturated rings. The van der Waals surface area contributed by atoms with E-state index in [0.29, 0.717) is 12.2 Å². The Kier molecular flexibility index (Phi) is 5.01. The normalized spacial score (nSPS) is 17.5. The highest BCUT2D eigenvalue weighted by Gasteiger charge is 2.27. The molecule has 112 valence electrons. The maximum atomic E-state index is 12.3. The lowest BCUT2D eigenvalue weighted by Gasteiger charge is -2.30. The van der Waals surface area contributed by atoms with E-state index in [0.717, 1.165) is 31.2 Å². The molecule has 0 aliphatic heterocycles. The van der Waals surface area contributed by atoms with Crippen molar-refractivity contribution in [2.45, 2.75) is 44.7 Å². The Labute approximate surface area is 121 Å². The number of nitrogen functional groups attached to an aromatic ring is 1. The molecule has 0 amide bonds. The van der Waals surface area contributed by atoms with Crippen molar-refractivity contribution in [3.8, 4) is 0 Å². The Morgan fingerprint density at radius 2 is 1.80 bits per heavy atom. The average Bonchev–Trinajstić information content (AvgIpc) is 2.47. The molecule has 20 heavy (non-hydrogen) atoms. The Morgan fingerprint density at radius 3 is 2.40 bits per heavy atom. The molecule has 1 aliphatic rings. The smallest absolute Gasteiger partial charge is 0.279 e. The fraction of sp³-hybridized carbons (Fsp3) is 0.571. The molecule has 0 aromatic heterocycles. The Morgan fingerprint density at radius 1 is 1.20 bits per heavy atom. The number of hydrogen-bond acceptors (Lipinski definition) is 3. The maximum absolute atomic E-state index is 12.3. The summed E-state index contributed by atoms with van der Waals surface area (Å²) < 4.78 is 28.7. The van der Waals surface area contributed by atoms with Crippen molar-refractivity contribution in [2.75, 3.05) is 12.8 Å². The van der Waals surface area contributed by atoms with Gasteiger partial charge in [0.05, 0.1) is 0 Å². The van der Waals surface area contributed by atoms with Crippen molar-refractivity contribution in [1.82, 2.24) is 9.03 Å².